The molecule has 1 saturated heterocycles. The molecule has 4 rings (SSSR count). The molecule has 1 fully saturated rings. The van der Waals surface area contributed by atoms with Gasteiger partial charge in [-0.25, -0.2) is 9.78 Å². The molecule has 0 radical (unpaired) electrons. The van der Waals surface area contributed by atoms with Gasteiger partial charge in [0, 0.05) is 5.56 Å². The molecule has 198 valence electrons. The lowest BCUT2D eigenvalue weighted by Crippen LogP contribution is -2.29. The molecular formula is C29H30N2O6S. The van der Waals surface area contributed by atoms with E-state index in [9.17, 15) is 19.5 Å². The predicted molar refractivity (Wildman–Crippen MR) is 146 cm³/mol. The third kappa shape index (κ3) is 5.33. The van der Waals surface area contributed by atoms with Crippen LogP contribution in [0.4, 0.5) is 5.13 Å². The van der Waals surface area contributed by atoms with Crippen LogP contribution in [0.3, 0.4) is 0 Å². The van der Waals surface area contributed by atoms with E-state index in [1.54, 1.807) is 38.1 Å². The number of ether oxygens (including phenoxy) is 2. The highest BCUT2D eigenvalue weighted by molar-refractivity contribution is 7.17. The number of carbonyl (C=O) groups is 3. The van der Waals surface area contributed by atoms with E-state index in [4.69, 9.17) is 9.47 Å². The number of rotatable bonds is 9. The number of Topliss-reactive ketones (excluding diaryl/α,β-unsaturated/α-hetero) is 1. The Kier molecular flexibility index (Phi) is 8.26. The number of amides is 1. The minimum Gasteiger partial charge on any atom is -0.507 e. The molecule has 9 heteroatoms. The van der Waals surface area contributed by atoms with Crippen molar-refractivity contribution in [1.82, 2.24) is 4.98 Å². The third-order valence-electron chi connectivity index (χ3n) is 6.18. The fourth-order valence-corrected chi connectivity index (χ4v) is 5.15. The quantitative estimate of drug-likeness (QED) is 0.123. The molecule has 2 aromatic carbocycles. The van der Waals surface area contributed by atoms with Crippen molar-refractivity contribution in [3.8, 4) is 5.75 Å². The first-order valence-electron chi connectivity index (χ1n) is 12.5. The van der Waals surface area contributed by atoms with Crippen LogP contribution in [0, 0.1) is 13.8 Å². The second-order valence-corrected chi connectivity index (χ2v) is 9.92. The Morgan fingerprint density at radius 2 is 1.74 bits per heavy atom. The van der Waals surface area contributed by atoms with Gasteiger partial charge in [0.2, 0.25) is 0 Å². The zero-order valence-electron chi connectivity index (χ0n) is 21.8. The molecule has 0 spiro atoms. The van der Waals surface area contributed by atoms with E-state index in [0.717, 1.165) is 29.7 Å². The summed E-state index contributed by atoms with van der Waals surface area (Å²) in [4.78, 5) is 45.1. The van der Waals surface area contributed by atoms with E-state index >= 15 is 0 Å². The number of carbonyl (C=O) groups excluding carboxylic acids is 3. The van der Waals surface area contributed by atoms with Crippen molar-refractivity contribution < 1.29 is 29.0 Å². The number of aryl methyl sites for hydroxylation is 2. The summed E-state index contributed by atoms with van der Waals surface area (Å²) >= 11 is 0.980. The second kappa shape index (κ2) is 11.6. The number of unbranched alkanes of at least 4 members (excludes halogenated alkanes) is 1. The standard InChI is InChI=1S/C29H30N2O6S/c1-5-7-16-37-21-14-12-20(13-15-21)24(32)22-23(19-10-8-17(3)9-11-19)31(27(34)25(22)33)29-30-18(4)26(38-29)28(35)36-6-2/h8-15,23,32H,5-7,16H2,1-4H3/b24-22+. The van der Waals surface area contributed by atoms with E-state index in [1.807, 2.05) is 31.2 Å². The maximum Gasteiger partial charge on any atom is 0.350 e. The van der Waals surface area contributed by atoms with E-state index < -0.39 is 23.7 Å². The average Bonchev–Trinajstić information content (AvgIpc) is 3.41. The maximum absolute atomic E-state index is 13.4. The van der Waals surface area contributed by atoms with Gasteiger partial charge in [0.05, 0.1) is 30.5 Å². The fraction of sp³-hybridized carbons (Fsp3) is 0.310. The minimum absolute atomic E-state index is 0.0518. The first-order chi connectivity index (χ1) is 18.3. The molecule has 0 saturated carbocycles. The number of esters is 1. The van der Waals surface area contributed by atoms with Crippen molar-refractivity contribution in [3.63, 3.8) is 0 Å². The molecule has 8 nitrogen and oxygen atoms in total. The first kappa shape index (κ1) is 27.1. The van der Waals surface area contributed by atoms with E-state index in [1.165, 1.54) is 4.90 Å². The van der Waals surface area contributed by atoms with Crippen molar-refractivity contribution in [2.24, 2.45) is 0 Å². The Hall–Kier alpha value is -3.98. The maximum atomic E-state index is 13.4. The lowest BCUT2D eigenvalue weighted by atomic mass is 9.95. The highest BCUT2D eigenvalue weighted by atomic mass is 32.1. The Balaban J connectivity index is 1.80. The highest BCUT2D eigenvalue weighted by Gasteiger charge is 2.48. The Morgan fingerprint density at radius 1 is 1.05 bits per heavy atom. The molecule has 0 bridgehead atoms. The van der Waals surface area contributed by atoms with Gasteiger partial charge in [0.15, 0.2) is 5.13 Å². The zero-order valence-corrected chi connectivity index (χ0v) is 22.6. The van der Waals surface area contributed by atoms with Crippen LogP contribution in [-0.2, 0) is 14.3 Å². The lowest BCUT2D eigenvalue weighted by molar-refractivity contribution is -0.132. The highest BCUT2D eigenvalue weighted by Crippen LogP contribution is 2.44. The summed E-state index contributed by atoms with van der Waals surface area (Å²) in [5.41, 5.74) is 2.35. The molecule has 1 atom stereocenters. The Morgan fingerprint density at radius 3 is 2.37 bits per heavy atom. The summed E-state index contributed by atoms with van der Waals surface area (Å²) < 4.78 is 10.8. The van der Waals surface area contributed by atoms with E-state index in [0.29, 0.717) is 29.2 Å². The van der Waals surface area contributed by atoms with Crippen LogP contribution in [0.1, 0.15) is 64.8 Å². The summed E-state index contributed by atoms with van der Waals surface area (Å²) in [7, 11) is 0. The Labute approximate surface area is 225 Å². The van der Waals surface area contributed by atoms with Crippen LogP contribution in [0.5, 0.6) is 5.75 Å². The van der Waals surface area contributed by atoms with Crippen molar-refractivity contribution in [2.75, 3.05) is 18.1 Å². The van der Waals surface area contributed by atoms with E-state index in [2.05, 4.69) is 11.9 Å². The second-order valence-electron chi connectivity index (χ2n) is 8.94. The number of hydrogen-bond donors (Lipinski definition) is 1. The summed E-state index contributed by atoms with van der Waals surface area (Å²) in [6, 6.07) is 13.2. The van der Waals surface area contributed by atoms with Crippen LogP contribution in [0.15, 0.2) is 54.1 Å². The molecule has 38 heavy (non-hydrogen) atoms. The molecule has 1 unspecified atom stereocenters. The summed E-state index contributed by atoms with van der Waals surface area (Å²) in [5, 5.41) is 11.5. The molecule has 1 amide bonds. The lowest BCUT2D eigenvalue weighted by Gasteiger charge is -2.23. The van der Waals surface area contributed by atoms with Gasteiger partial charge >= 0.3 is 11.9 Å². The summed E-state index contributed by atoms with van der Waals surface area (Å²) in [6.07, 6.45) is 1.94. The van der Waals surface area contributed by atoms with Crippen molar-refractivity contribution in [3.05, 3.63) is 81.4 Å². The van der Waals surface area contributed by atoms with Gasteiger partial charge in [-0.05, 0) is 57.0 Å². The largest absolute Gasteiger partial charge is 0.507 e. The van der Waals surface area contributed by atoms with Gasteiger partial charge in [-0.15, -0.1) is 0 Å². The van der Waals surface area contributed by atoms with Crippen molar-refractivity contribution >= 4 is 39.9 Å². The van der Waals surface area contributed by atoms with Crippen LogP contribution < -0.4 is 9.64 Å². The molecule has 3 aromatic rings. The monoisotopic (exact) mass is 534 g/mol. The first-order valence-corrected chi connectivity index (χ1v) is 13.3. The number of aliphatic hydroxyl groups is 1. The van der Waals surface area contributed by atoms with Crippen molar-refractivity contribution in [2.45, 2.75) is 46.6 Å². The predicted octanol–water partition coefficient (Wildman–Crippen LogP) is 5.74. The van der Waals surface area contributed by atoms with Crippen LogP contribution in [0.25, 0.3) is 5.76 Å². The molecule has 1 N–H and O–H groups in total. The van der Waals surface area contributed by atoms with E-state index in [-0.39, 0.29) is 27.9 Å². The number of hydrogen-bond acceptors (Lipinski definition) is 8. The fourth-order valence-electron chi connectivity index (χ4n) is 4.16. The van der Waals surface area contributed by atoms with Crippen LogP contribution in [0.2, 0.25) is 0 Å². The van der Waals surface area contributed by atoms with Crippen molar-refractivity contribution in [1.29, 1.82) is 0 Å². The number of ketones is 1. The number of anilines is 1. The number of aliphatic hydroxyl groups excluding tert-OH is 1. The zero-order chi connectivity index (χ0) is 27.4. The van der Waals surface area contributed by atoms with Gasteiger partial charge < -0.3 is 14.6 Å². The molecule has 0 aliphatic carbocycles. The van der Waals surface area contributed by atoms with Gasteiger partial charge in [0.25, 0.3) is 5.78 Å². The topological polar surface area (TPSA) is 106 Å². The number of benzene rings is 2. The SMILES string of the molecule is CCCCOc1ccc(/C(O)=C2\C(=O)C(=O)N(c3nc(C)c(C(=O)OCC)s3)C2c2ccc(C)cc2)cc1. The summed E-state index contributed by atoms with van der Waals surface area (Å²) in [6.45, 7) is 8.14. The normalized spacial score (nSPS) is 16.6. The molecule has 1 aliphatic heterocycles. The van der Waals surface area contributed by atoms with Gasteiger partial charge in [-0.1, -0.05) is 54.5 Å². The van der Waals surface area contributed by atoms with Gasteiger partial charge in [-0.2, -0.15) is 0 Å². The average molecular weight is 535 g/mol. The van der Waals surface area contributed by atoms with Gasteiger partial charge in [-0.3, -0.25) is 14.5 Å². The minimum atomic E-state index is -0.934. The molecular weight excluding hydrogens is 504 g/mol. The third-order valence-corrected chi connectivity index (χ3v) is 7.32. The smallest absolute Gasteiger partial charge is 0.350 e. The molecule has 1 aromatic heterocycles. The van der Waals surface area contributed by atoms with Crippen LogP contribution >= 0.6 is 11.3 Å². The summed E-state index contributed by atoms with van der Waals surface area (Å²) in [5.74, 6) is -1.85. The van der Waals surface area contributed by atoms with Gasteiger partial charge in [0.1, 0.15) is 16.4 Å². The van der Waals surface area contributed by atoms with Crippen LogP contribution in [-0.4, -0.2) is 41.0 Å². The number of thiazole rings is 1. The molecule has 2 heterocycles. The Bertz CT molecular complexity index is 1380. The number of nitrogens with zero attached hydrogens (tertiary/aromatic N) is 2. The molecule has 1 aliphatic rings. The number of aromatic nitrogens is 1.